The zero-order valence-corrected chi connectivity index (χ0v) is 13.0. The second kappa shape index (κ2) is 6.05. The number of hydrogen-bond acceptors (Lipinski definition) is 4. The molecule has 1 saturated carbocycles. The van der Waals surface area contributed by atoms with Crippen molar-refractivity contribution in [3.05, 3.63) is 16.0 Å². The van der Waals surface area contributed by atoms with Gasteiger partial charge in [-0.15, -0.1) is 0 Å². The van der Waals surface area contributed by atoms with Gasteiger partial charge in [0.25, 0.3) is 0 Å². The molecule has 0 radical (unpaired) electrons. The third-order valence-electron chi connectivity index (χ3n) is 3.15. The van der Waals surface area contributed by atoms with Crippen molar-refractivity contribution in [2.24, 2.45) is 11.7 Å². The van der Waals surface area contributed by atoms with Crippen LogP contribution in [0.2, 0.25) is 5.28 Å². The molecule has 1 unspecified atom stereocenters. The zero-order chi connectivity index (χ0) is 14.0. The Balaban J connectivity index is 2.24. The first-order chi connectivity index (χ1) is 8.97. The molecule has 19 heavy (non-hydrogen) atoms. The SMILES string of the molecule is CC(CC(N)=O)N(CC1CC1)c1nc(Cl)ncc1Br. The van der Waals surface area contributed by atoms with Crippen LogP contribution in [-0.2, 0) is 4.79 Å². The maximum Gasteiger partial charge on any atom is 0.224 e. The molecule has 1 amide bonds. The highest BCUT2D eigenvalue weighted by atomic mass is 79.9. The van der Waals surface area contributed by atoms with Gasteiger partial charge in [-0.1, -0.05) is 0 Å². The van der Waals surface area contributed by atoms with Crippen LogP contribution in [0, 0.1) is 5.92 Å². The number of anilines is 1. The Hall–Kier alpha value is -0.880. The molecule has 0 saturated heterocycles. The molecule has 0 spiro atoms. The summed E-state index contributed by atoms with van der Waals surface area (Å²) < 4.78 is 0.772. The first-order valence-corrected chi connectivity index (χ1v) is 7.37. The summed E-state index contributed by atoms with van der Waals surface area (Å²) in [7, 11) is 0. The lowest BCUT2D eigenvalue weighted by molar-refractivity contribution is -0.118. The quantitative estimate of drug-likeness (QED) is 0.802. The average molecular weight is 348 g/mol. The van der Waals surface area contributed by atoms with Crippen LogP contribution in [0.1, 0.15) is 26.2 Å². The van der Waals surface area contributed by atoms with Gasteiger partial charge in [0.05, 0.1) is 4.47 Å². The standard InChI is InChI=1S/C12H16BrClN4O/c1-7(4-10(15)19)18(6-8-2-3-8)11-9(13)5-16-12(14)17-11/h5,7-8H,2-4,6H2,1H3,(H2,15,19). The minimum Gasteiger partial charge on any atom is -0.370 e. The van der Waals surface area contributed by atoms with Crippen LogP contribution < -0.4 is 10.6 Å². The number of nitrogens with zero attached hydrogens (tertiary/aromatic N) is 3. The van der Waals surface area contributed by atoms with E-state index in [1.807, 2.05) is 6.92 Å². The van der Waals surface area contributed by atoms with Gasteiger partial charge >= 0.3 is 0 Å². The number of amides is 1. The van der Waals surface area contributed by atoms with Gasteiger partial charge in [-0.2, -0.15) is 4.98 Å². The summed E-state index contributed by atoms with van der Waals surface area (Å²) in [4.78, 5) is 21.4. The highest BCUT2D eigenvalue weighted by Crippen LogP contribution is 2.34. The van der Waals surface area contributed by atoms with Crippen molar-refractivity contribution in [2.75, 3.05) is 11.4 Å². The van der Waals surface area contributed by atoms with E-state index in [1.165, 1.54) is 12.8 Å². The fourth-order valence-corrected chi connectivity index (χ4v) is 2.54. The number of hydrogen-bond donors (Lipinski definition) is 1. The Morgan fingerprint density at radius 3 is 2.95 bits per heavy atom. The van der Waals surface area contributed by atoms with Gasteiger partial charge in [-0.3, -0.25) is 4.79 Å². The number of halogens is 2. The number of rotatable bonds is 6. The average Bonchev–Trinajstić information content (AvgIpc) is 3.12. The molecule has 1 aromatic heterocycles. The normalized spacial score (nSPS) is 16.2. The molecule has 1 atom stereocenters. The van der Waals surface area contributed by atoms with Crippen molar-refractivity contribution in [1.29, 1.82) is 0 Å². The summed E-state index contributed by atoms with van der Waals surface area (Å²) in [5, 5.41) is 0.199. The Labute approximate surface area is 125 Å². The summed E-state index contributed by atoms with van der Waals surface area (Å²) in [6.45, 7) is 2.83. The minimum atomic E-state index is -0.315. The van der Waals surface area contributed by atoms with Crippen molar-refractivity contribution >= 4 is 39.3 Å². The van der Waals surface area contributed by atoms with Gasteiger partial charge < -0.3 is 10.6 Å². The predicted octanol–water partition coefficient (Wildman–Crippen LogP) is 2.37. The van der Waals surface area contributed by atoms with Crippen LogP contribution in [-0.4, -0.2) is 28.5 Å². The maximum atomic E-state index is 11.1. The van der Waals surface area contributed by atoms with E-state index in [1.54, 1.807) is 6.20 Å². The molecule has 2 N–H and O–H groups in total. The van der Waals surface area contributed by atoms with E-state index in [0.29, 0.717) is 12.3 Å². The lowest BCUT2D eigenvalue weighted by atomic mass is 10.2. The summed E-state index contributed by atoms with van der Waals surface area (Å²) in [5.74, 6) is 1.07. The predicted molar refractivity (Wildman–Crippen MR) is 78.1 cm³/mol. The highest BCUT2D eigenvalue weighted by molar-refractivity contribution is 9.10. The summed E-state index contributed by atoms with van der Waals surface area (Å²) in [6.07, 6.45) is 4.36. The maximum absolute atomic E-state index is 11.1. The largest absolute Gasteiger partial charge is 0.370 e. The van der Waals surface area contributed by atoms with Crippen LogP contribution in [0.3, 0.4) is 0 Å². The molecule has 1 fully saturated rings. The van der Waals surface area contributed by atoms with Gasteiger partial charge in [-0.05, 0) is 53.2 Å². The van der Waals surface area contributed by atoms with E-state index in [4.69, 9.17) is 17.3 Å². The highest BCUT2D eigenvalue weighted by Gasteiger charge is 2.29. The first-order valence-electron chi connectivity index (χ1n) is 6.20. The number of aromatic nitrogens is 2. The van der Waals surface area contributed by atoms with Crippen LogP contribution in [0.5, 0.6) is 0 Å². The third kappa shape index (κ3) is 4.04. The summed E-state index contributed by atoms with van der Waals surface area (Å²) >= 11 is 9.30. The van der Waals surface area contributed by atoms with Gasteiger partial charge in [0.2, 0.25) is 11.2 Å². The number of primary amides is 1. The van der Waals surface area contributed by atoms with Crippen LogP contribution in [0.25, 0.3) is 0 Å². The number of carbonyl (C=O) groups excluding carboxylic acids is 1. The van der Waals surface area contributed by atoms with Gasteiger partial charge in [-0.25, -0.2) is 4.98 Å². The lowest BCUT2D eigenvalue weighted by Gasteiger charge is -2.30. The van der Waals surface area contributed by atoms with E-state index in [-0.39, 0.29) is 17.2 Å². The van der Waals surface area contributed by atoms with E-state index >= 15 is 0 Å². The molecule has 2 rings (SSSR count). The smallest absolute Gasteiger partial charge is 0.224 e. The molecule has 1 aliphatic carbocycles. The molecule has 1 aromatic rings. The summed E-state index contributed by atoms with van der Waals surface area (Å²) in [6, 6.07) is -0.0135. The van der Waals surface area contributed by atoms with Gasteiger partial charge in [0.1, 0.15) is 5.82 Å². The van der Waals surface area contributed by atoms with E-state index in [9.17, 15) is 4.79 Å². The van der Waals surface area contributed by atoms with E-state index < -0.39 is 0 Å². The second-order valence-electron chi connectivity index (χ2n) is 4.93. The molecular formula is C12H16BrClN4O. The fourth-order valence-electron chi connectivity index (χ4n) is 1.99. The lowest BCUT2D eigenvalue weighted by Crippen LogP contribution is -2.38. The van der Waals surface area contributed by atoms with Crippen molar-refractivity contribution in [3.63, 3.8) is 0 Å². The molecular weight excluding hydrogens is 332 g/mol. The molecule has 104 valence electrons. The van der Waals surface area contributed by atoms with Gasteiger partial charge in [0, 0.05) is 25.2 Å². The van der Waals surface area contributed by atoms with Crippen LogP contribution in [0.15, 0.2) is 10.7 Å². The zero-order valence-electron chi connectivity index (χ0n) is 10.6. The Morgan fingerprint density at radius 2 is 2.37 bits per heavy atom. The van der Waals surface area contributed by atoms with E-state index in [2.05, 4.69) is 30.8 Å². The van der Waals surface area contributed by atoms with Crippen molar-refractivity contribution in [2.45, 2.75) is 32.2 Å². The van der Waals surface area contributed by atoms with Crippen LogP contribution in [0.4, 0.5) is 5.82 Å². The molecule has 5 nitrogen and oxygen atoms in total. The molecule has 7 heteroatoms. The topological polar surface area (TPSA) is 72.1 Å². The van der Waals surface area contributed by atoms with Gasteiger partial charge in [0.15, 0.2) is 0 Å². The van der Waals surface area contributed by atoms with Crippen molar-refractivity contribution in [3.8, 4) is 0 Å². The molecule has 0 bridgehead atoms. The molecule has 0 aliphatic heterocycles. The molecule has 0 aromatic carbocycles. The molecule has 1 aliphatic rings. The van der Waals surface area contributed by atoms with Crippen molar-refractivity contribution < 1.29 is 4.79 Å². The summed E-state index contributed by atoms with van der Waals surface area (Å²) in [5.41, 5.74) is 5.29. The number of carbonyl (C=O) groups is 1. The first kappa shape index (κ1) is 14.5. The Bertz CT molecular complexity index is 481. The monoisotopic (exact) mass is 346 g/mol. The Morgan fingerprint density at radius 1 is 1.68 bits per heavy atom. The molecule has 1 heterocycles. The van der Waals surface area contributed by atoms with Crippen LogP contribution >= 0.6 is 27.5 Å². The number of nitrogens with two attached hydrogens (primary N) is 1. The minimum absolute atomic E-state index is 0.0135. The van der Waals surface area contributed by atoms with Crippen molar-refractivity contribution in [1.82, 2.24) is 9.97 Å². The van der Waals surface area contributed by atoms with E-state index in [0.717, 1.165) is 16.8 Å². The second-order valence-corrected chi connectivity index (χ2v) is 6.12. The Kier molecular flexibility index (Phi) is 4.62. The third-order valence-corrected chi connectivity index (χ3v) is 3.89. The fraction of sp³-hybridized carbons (Fsp3) is 0.583.